The van der Waals surface area contributed by atoms with Gasteiger partial charge in [0.25, 0.3) is 0 Å². The minimum Gasteiger partial charge on any atom is -0.507 e. The molecule has 2 aromatic rings. The SMILES string of the molecule is Cc1cc(O)c2c(F)ccc(F)c2n1. The standard InChI is InChI=1S/C10H7F2NO/c1-5-4-8(14)9-6(11)2-3-7(12)10(9)13-5/h2-4H,1H3,(H,13,14). The molecule has 0 aliphatic heterocycles. The van der Waals surface area contributed by atoms with Crippen LogP contribution in [0.4, 0.5) is 8.78 Å². The number of aromatic hydroxyl groups is 1. The maximum absolute atomic E-state index is 13.2. The zero-order chi connectivity index (χ0) is 10.3. The second kappa shape index (κ2) is 2.90. The van der Waals surface area contributed by atoms with Gasteiger partial charge in [-0.25, -0.2) is 13.8 Å². The number of hydrogen-bond acceptors (Lipinski definition) is 2. The van der Waals surface area contributed by atoms with Crippen molar-refractivity contribution in [3.8, 4) is 5.75 Å². The van der Waals surface area contributed by atoms with Crippen molar-refractivity contribution in [3.63, 3.8) is 0 Å². The zero-order valence-corrected chi connectivity index (χ0v) is 7.38. The van der Waals surface area contributed by atoms with Gasteiger partial charge in [0.1, 0.15) is 22.9 Å². The molecular weight excluding hydrogens is 188 g/mol. The lowest BCUT2D eigenvalue weighted by Gasteiger charge is -2.03. The van der Waals surface area contributed by atoms with Crippen molar-refractivity contribution >= 4 is 10.9 Å². The van der Waals surface area contributed by atoms with Gasteiger partial charge in [-0.3, -0.25) is 0 Å². The summed E-state index contributed by atoms with van der Waals surface area (Å²) in [7, 11) is 0. The van der Waals surface area contributed by atoms with Gasteiger partial charge in [0.05, 0.1) is 5.39 Å². The lowest BCUT2D eigenvalue weighted by atomic mass is 10.1. The Morgan fingerprint density at radius 1 is 1.21 bits per heavy atom. The van der Waals surface area contributed by atoms with E-state index in [1.54, 1.807) is 6.92 Å². The van der Waals surface area contributed by atoms with E-state index in [1.165, 1.54) is 6.07 Å². The van der Waals surface area contributed by atoms with Gasteiger partial charge < -0.3 is 5.11 Å². The summed E-state index contributed by atoms with van der Waals surface area (Å²) in [5.74, 6) is -1.60. The maximum Gasteiger partial charge on any atom is 0.149 e. The molecule has 0 saturated carbocycles. The van der Waals surface area contributed by atoms with E-state index in [0.717, 1.165) is 12.1 Å². The van der Waals surface area contributed by atoms with Crippen LogP contribution >= 0.6 is 0 Å². The maximum atomic E-state index is 13.2. The van der Waals surface area contributed by atoms with Crippen molar-refractivity contribution in [2.75, 3.05) is 0 Å². The average Bonchev–Trinajstić information content (AvgIpc) is 2.10. The molecule has 0 aliphatic carbocycles. The van der Waals surface area contributed by atoms with E-state index in [1.807, 2.05) is 0 Å². The van der Waals surface area contributed by atoms with Crippen molar-refractivity contribution in [3.05, 3.63) is 35.5 Å². The van der Waals surface area contributed by atoms with Crippen LogP contribution in [0.5, 0.6) is 5.75 Å². The summed E-state index contributed by atoms with van der Waals surface area (Å²) in [6.07, 6.45) is 0. The van der Waals surface area contributed by atoms with Crippen LogP contribution in [-0.2, 0) is 0 Å². The number of rotatable bonds is 0. The lowest BCUT2D eigenvalue weighted by molar-refractivity contribution is 0.477. The van der Waals surface area contributed by atoms with Crippen LogP contribution in [0.3, 0.4) is 0 Å². The van der Waals surface area contributed by atoms with Crippen molar-refractivity contribution in [2.45, 2.75) is 6.92 Å². The Morgan fingerprint density at radius 2 is 1.86 bits per heavy atom. The van der Waals surface area contributed by atoms with Gasteiger partial charge in [0.15, 0.2) is 0 Å². The normalized spacial score (nSPS) is 10.8. The number of aromatic nitrogens is 1. The molecule has 1 aromatic heterocycles. The Balaban J connectivity index is 3.00. The first-order valence-electron chi connectivity index (χ1n) is 4.04. The molecule has 0 radical (unpaired) electrons. The van der Waals surface area contributed by atoms with E-state index >= 15 is 0 Å². The topological polar surface area (TPSA) is 33.1 Å². The highest BCUT2D eigenvalue weighted by molar-refractivity contribution is 5.85. The van der Waals surface area contributed by atoms with Crippen molar-refractivity contribution in [1.29, 1.82) is 0 Å². The molecule has 4 heteroatoms. The molecule has 1 aromatic carbocycles. The van der Waals surface area contributed by atoms with Gasteiger partial charge in [-0.15, -0.1) is 0 Å². The summed E-state index contributed by atoms with van der Waals surface area (Å²) in [6, 6.07) is 3.25. The van der Waals surface area contributed by atoms with Gasteiger partial charge in [0.2, 0.25) is 0 Å². The first kappa shape index (κ1) is 8.87. The second-order valence-electron chi connectivity index (χ2n) is 3.04. The molecule has 2 nitrogen and oxygen atoms in total. The molecule has 0 saturated heterocycles. The second-order valence-corrected chi connectivity index (χ2v) is 3.04. The summed E-state index contributed by atoms with van der Waals surface area (Å²) >= 11 is 0. The van der Waals surface area contributed by atoms with E-state index in [2.05, 4.69) is 4.98 Å². The fourth-order valence-corrected chi connectivity index (χ4v) is 1.37. The zero-order valence-electron chi connectivity index (χ0n) is 7.38. The largest absolute Gasteiger partial charge is 0.507 e. The monoisotopic (exact) mass is 195 g/mol. The highest BCUT2D eigenvalue weighted by Crippen LogP contribution is 2.28. The quantitative estimate of drug-likeness (QED) is 0.700. The third-order valence-electron chi connectivity index (χ3n) is 1.97. The van der Waals surface area contributed by atoms with Gasteiger partial charge in [0, 0.05) is 11.8 Å². The molecule has 14 heavy (non-hydrogen) atoms. The van der Waals surface area contributed by atoms with Crippen molar-refractivity contribution < 1.29 is 13.9 Å². The number of benzene rings is 1. The lowest BCUT2D eigenvalue weighted by Crippen LogP contribution is -1.91. The molecular formula is C10H7F2NO. The van der Waals surface area contributed by atoms with Crippen LogP contribution in [0, 0.1) is 18.6 Å². The molecule has 0 amide bonds. The highest BCUT2D eigenvalue weighted by atomic mass is 19.1. The van der Waals surface area contributed by atoms with E-state index in [0.29, 0.717) is 5.69 Å². The van der Waals surface area contributed by atoms with E-state index < -0.39 is 11.6 Å². The molecule has 2 rings (SSSR count). The summed E-state index contributed by atoms with van der Waals surface area (Å²) in [5, 5.41) is 9.24. The van der Waals surface area contributed by atoms with Gasteiger partial charge in [-0.05, 0) is 19.1 Å². The summed E-state index contributed by atoms with van der Waals surface area (Å²) in [5.41, 5.74) is 0.307. The Labute approximate surface area is 78.8 Å². The van der Waals surface area contributed by atoms with Crippen LogP contribution in [0.25, 0.3) is 10.9 Å². The first-order chi connectivity index (χ1) is 6.59. The van der Waals surface area contributed by atoms with Crippen molar-refractivity contribution in [1.82, 2.24) is 4.98 Å². The van der Waals surface area contributed by atoms with Crippen LogP contribution in [0.1, 0.15) is 5.69 Å². The third-order valence-corrected chi connectivity index (χ3v) is 1.97. The molecule has 0 spiro atoms. The number of nitrogens with zero attached hydrogens (tertiary/aromatic N) is 1. The summed E-state index contributed by atoms with van der Waals surface area (Å²) in [4.78, 5) is 3.82. The molecule has 72 valence electrons. The van der Waals surface area contributed by atoms with Crippen LogP contribution in [0.15, 0.2) is 18.2 Å². The van der Waals surface area contributed by atoms with Gasteiger partial charge in [-0.2, -0.15) is 0 Å². The number of halogens is 2. The highest BCUT2D eigenvalue weighted by Gasteiger charge is 2.11. The molecule has 0 fully saturated rings. The molecule has 0 unspecified atom stereocenters. The Hall–Kier alpha value is -1.71. The van der Waals surface area contributed by atoms with Crippen LogP contribution in [-0.4, -0.2) is 10.1 Å². The molecule has 1 N–H and O–H groups in total. The molecule has 1 heterocycles. The first-order valence-corrected chi connectivity index (χ1v) is 4.04. The number of fused-ring (bicyclic) bond motifs is 1. The molecule has 0 bridgehead atoms. The average molecular weight is 195 g/mol. The summed E-state index contributed by atoms with van der Waals surface area (Å²) in [6.45, 7) is 1.60. The van der Waals surface area contributed by atoms with Crippen molar-refractivity contribution in [2.24, 2.45) is 0 Å². The Morgan fingerprint density at radius 3 is 2.57 bits per heavy atom. The van der Waals surface area contributed by atoms with Crippen LogP contribution < -0.4 is 0 Å². The van der Waals surface area contributed by atoms with E-state index in [4.69, 9.17) is 0 Å². The smallest absolute Gasteiger partial charge is 0.149 e. The predicted molar refractivity (Wildman–Crippen MR) is 48.1 cm³/mol. The van der Waals surface area contributed by atoms with Gasteiger partial charge >= 0.3 is 0 Å². The van der Waals surface area contributed by atoms with E-state index in [9.17, 15) is 13.9 Å². The Kier molecular flexibility index (Phi) is 1.84. The molecule has 0 atom stereocenters. The number of aryl methyl sites for hydroxylation is 1. The molecule has 0 aliphatic rings. The predicted octanol–water partition coefficient (Wildman–Crippen LogP) is 2.53. The Bertz CT molecular complexity index is 511. The number of hydrogen-bond donors (Lipinski definition) is 1. The van der Waals surface area contributed by atoms with Crippen LogP contribution in [0.2, 0.25) is 0 Å². The minimum absolute atomic E-state index is 0.137. The summed E-state index contributed by atoms with van der Waals surface area (Å²) < 4.78 is 26.4. The fraction of sp³-hybridized carbons (Fsp3) is 0.100. The van der Waals surface area contributed by atoms with E-state index in [-0.39, 0.29) is 16.7 Å². The van der Waals surface area contributed by atoms with Gasteiger partial charge in [-0.1, -0.05) is 0 Å². The third kappa shape index (κ3) is 1.19. The number of pyridine rings is 1. The fourth-order valence-electron chi connectivity index (χ4n) is 1.37. The minimum atomic E-state index is -0.675.